The first-order chi connectivity index (χ1) is 7.72. The van der Waals surface area contributed by atoms with Gasteiger partial charge in [0.1, 0.15) is 6.10 Å². The molecule has 0 aliphatic carbocycles. The average molecular weight is 225 g/mol. The molecule has 0 aliphatic heterocycles. The molecule has 0 aliphatic rings. The van der Waals surface area contributed by atoms with Crippen LogP contribution in [-0.2, 0) is 9.47 Å². The Bertz CT molecular complexity index is 300. The topological polar surface area (TPSA) is 64.7 Å². The van der Waals surface area contributed by atoms with Crippen LogP contribution in [-0.4, -0.2) is 32.5 Å². The van der Waals surface area contributed by atoms with Crippen molar-refractivity contribution >= 4 is 0 Å². The zero-order valence-electron chi connectivity index (χ0n) is 9.72. The summed E-state index contributed by atoms with van der Waals surface area (Å²) >= 11 is 0. The fraction of sp³-hybridized carbons (Fsp3) is 0.500. The van der Waals surface area contributed by atoms with Gasteiger partial charge in [0.2, 0.25) is 0 Å². The highest BCUT2D eigenvalue weighted by Gasteiger charge is 2.11. The molecule has 0 unspecified atom stereocenters. The summed E-state index contributed by atoms with van der Waals surface area (Å²) in [5.41, 5.74) is 7.22. The monoisotopic (exact) mass is 225 g/mol. The van der Waals surface area contributed by atoms with Gasteiger partial charge >= 0.3 is 0 Å². The van der Waals surface area contributed by atoms with Crippen LogP contribution in [0.1, 0.15) is 23.3 Å². The molecule has 0 spiro atoms. The predicted molar refractivity (Wildman–Crippen MR) is 62.1 cm³/mol. The molecule has 0 aromatic heterocycles. The third-order valence-corrected chi connectivity index (χ3v) is 2.52. The van der Waals surface area contributed by atoms with Crippen molar-refractivity contribution < 1.29 is 14.6 Å². The van der Waals surface area contributed by atoms with E-state index in [1.54, 1.807) is 14.2 Å². The zero-order valence-corrected chi connectivity index (χ0v) is 9.72. The largest absolute Gasteiger partial charge is 0.387 e. The molecular formula is C12H19NO3. The zero-order chi connectivity index (χ0) is 12.0. The molecule has 0 saturated heterocycles. The van der Waals surface area contributed by atoms with Gasteiger partial charge in [-0.1, -0.05) is 24.3 Å². The number of ether oxygens (including phenoxy) is 2. The molecule has 90 valence electrons. The van der Waals surface area contributed by atoms with Crippen molar-refractivity contribution in [3.05, 3.63) is 35.4 Å². The van der Waals surface area contributed by atoms with E-state index >= 15 is 0 Å². The van der Waals surface area contributed by atoms with Gasteiger partial charge in [-0.2, -0.15) is 0 Å². The summed E-state index contributed by atoms with van der Waals surface area (Å²) in [5, 5.41) is 9.54. The van der Waals surface area contributed by atoms with Gasteiger partial charge in [-0.15, -0.1) is 0 Å². The van der Waals surface area contributed by atoms with E-state index in [-0.39, 0.29) is 12.6 Å². The number of aliphatic hydroxyl groups is 1. The van der Waals surface area contributed by atoms with Crippen molar-refractivity contribution in [3.8, 4) is 0 Å². The lowest BCUT2D eigenvalue weighted by Gasteiger charge is -2.16. The van der Waals surface area contributed by atoms with Gasteiger partial charge in [0.05, 0.1) is 12.7 Å². The fourth-order valence-electron chi connectivity index (χ4n) is 1.52. The third kappa shape index (κ3) is 3.28. The second kappa shape index (κ2) is 6.60. The lowest BCUT2D eigenvalue weighted by atomic mass is 10.0. The lowest BCUT2D eigenvalue weighted by molar-refractivity contribution is 0.0274. The Morgan fingerprint density at radius 1 is 1.19 bits per heavy atom. The smallest absolute Gasteiger partial charge is 0.105 e. The number of methoxy groups -OCH3 is 2. The number of benzene rings is 1. The first-order valence-electron chi connectivity index (χ1n) is 5.22. The van der Waals surface area contributed by atoms with Gasteiger partial charge in [0.25, 0.3) is 0 Å². The predicted octanol–water partition coefficient (Wildman–Crippen LogP) is 1.01. The molecule has 0 amide bonds. The quantitative estimate of drug-likeness (QED) is 0.758. The minimum atomic E-state index is -0.600. The molecule has 3 N–H and O–H groups in total. The van der Waals surface area contributed by atoms with Crippen LogP contribution in [0.3, 0.4) is 0 Å². The first kappa shape index (κ1) is 13.1. The summed E-state index contributed by atoms with van der Waals surface area (Å²) < 4.78 is 10.3. The lowest BCUT2D eigenvalue weighted by Crippen LogP contribution is -2.12. The van der Waals surface area contributed by atoms with E-state index in [2.05, 4.69) is 0 Å². The molecule has 0 bridgehead atoms. The Morgan fingerprint density at radius 3 is 2.19 bits per heavy atom. The highest BCUT2D eigenvalue weighted by atomic mass is 16.5. The van der Waals surface area contributed by atoms with Crippen molar-refractivity contribution in [2.75, 3.05) is 27.4 Å². The van der Waals surface area contributed by atoms with Crippen LogP contribution in [0, 0.1) is 0 Å². The van der Waals surface area contributed by atoms with Crippen LogP contribution < -0.4 is 5.73 Å². The Hall–Kier alpha value is -0.940. The molecule has 1 aromatic carbocycles. The number of nitrogens with two attached hydrogens (primary N) is 1. The standard InChI is InChI=1S/C12H19NO3/c1-15-8-12(16-2)10-5-3-9(4-6-10)11(14)7-13/h3-6,11-12,14H,7-8,13H2,1-2H3/t11-,12+/m0/s1. The summed E-state index contributed by atoms with van der Waals surface area (Å²) in [6, 6.07) is 7.55. The van der Waals surface area contributed by atoms with Crippen molar-refractivity contribution in [1.82, 2.24) is 0 Å². The van der Waals surface area contributed by atoms with Crippen molar-refractivity contribution in [2.24, 2.45) is 5.73 Å². The SMILES string of the molecule is COC[C@@H](OC)c1ccc([C@@H](O)CN)cc1. The molecule has 0 heterocycles. The molecule has 4 nitrogen and oxygen atoms in total. The molecule has 2 atom stereocenters. The molecule has 1 aromatic rings. The maximum Gasteiger partial charge on any atom is 0.105 e. The van der Waals surface area contributed by atoms with Gasteiger partial charge in [0, 0.05) is 20.8 Å². The number of rotatable bonds is 6. The minimum absolute atomic E-state index is 0.0749. The van der Waals surface area contributed by atoms with Crippen molar-refractivity contribution in [1.29, 1.82) is 0 Å². The normalized spacial score (nSPS) is 14.8. The van der Waals surface area contributed by atoms with Gasteiger partial charge in [-0.3, -0.25) is 0 Å². The molecule has 1 rings (SSSR count). The summed E-state index contributed by atoms with van der Waals surface area (Å²) in [4.78, 5) is 0. The highest BCUT2D eigenvalue weighted by molar-refractivity contribution is 5.26. The molecular weight excluding hydrogens is 206 g/mol. The maximum atomic E-state index is 9.54. The number of aliphatic hydroxyl groups excluding tert-OH is 1. The second-order valence-corrected chi connectivity index (χ2v) is 3.60. The van der Waals surface area contributed by atoms with Gasteiger partial charge < -0.3 is 20.3 Å². The Labute approximate surface area is 96.0 Å². The van der Waals surface area contributed by atoms with E-state index in [4.69, 9.17) is 15.2 Å². The van der Waals surface area contributed by atoms with Crippen LogP contribution in [0.15, 0.2) is 24.3 Å². The van der Waals surface area contributed by atoms with Crippen LogP contribution >= 0.6 is 0 Å². The van der Waals surface area contributed by atoms with Crippen molar-refractivity contribution in [3.63, 3.8) is 0 Å². The van der Waals surface area contributed by atoms with E-state index in [0.717, 1.165) is 11.1 Å². The molecule has 0 saturated carbocycles. The Balaban J connectivity index is 2.76. The molecule has 4 heteroatoms. The first-order valence-corrected chi connectivity index (χ1v) is 5.22. The van der Waals surface area contributed by atoms with Gasteiger partial charge in [-0.05, 0) is 11.1 Å². The second-order valence-electron chi connectivity index (χ2n) is 3.60. The van der Waals surface area contributed by atoms with E-state index in [1.807, 2.05) is 24.3 Å². The van der Waals surface area contributed by atoms with E-state index < -0.39 is 6.10 Å². The summed E-state index contributed by atoms with van der Waals surface area (Å²) in [6.45, 7) is 0.737. The minimum Gasteiger partial charge on any atom is -0.387 e. The van der Waals surface area contributed by atoms with E-state index in [1.165, 1.54) is 0 Å². The number of hydrogen-bond acceptors (Lipinski definition) is 4. The summed E-state index contributed by atoms with van der Waals surface area (Å²) in [5.74, 6) is 0. The van der Waals surface area contributed by atoms with Gasteiger partial charge in [-0.25, -0.2) is 0 Å². The number of hydrogen-bond donors (Lipinski definition) is 2. The van der Waals surface area contributed by atoms with E-state index in [0.29, 0.717) is 6.61 Å². The van der Waals surface area contributed by atoms with Crippen LogP contribution in [0.2, 0.25) is 0 Å². The van der Waals surface area contributed by atoms with Crippen LogP contribution in [0.25, 0.3) is 0 Å². The maximum absolute atomic E-state index is 9.54. The summed E-state index contributed by atoms with van der Waals surface area (Å²) in [6.07, 6.45) is -0.675. The average Bonchev–Trinajstić information content (AvgIpc) is 2.35. The Kier molecular flexibility index (Phi) is 5.42. The molecule has 0 radical (unpaired) electrons. The molecule has 16 heavy (non-hydrogen) atoms. The third-order valence-electron chi connectivity index (χ3n) is 2.52. The highest BCUT2D eigenvalue weighted by Crippen LogP contribution is 2.19. The van der Waals surface area contributed by atoms with Crippen molar-refractivity contribution in [2.45, 2.75) is 12.2 Å². The van der Waals surface area contributed by atoms with E-state index in [9.17, 15) is 5.11 Å². The van der Waals surface area contributed by atoms with Crippen LogP contribution in [0.5, 0.6) is 0 Å². The fourth-order valence-corrected chi connectivity index (χ4v) is 1.52. The summed E-state index contributed by atoms with van der Waals surface area (Å²) in [7, 11) is 3.28. The Morgan fingerprint density at radius 2 is 1.75 bits per heavy atom. The molecule has 0 fully saturated rings. The van der Waals surface area contributed by atoms with Gasteiger partial charge in [0.15, 0.2) is 0 Å². The van der Waals surface area contributed by atoms with Crippen LogP contribution in [0.4, 0.5) is 0 Å².